The van der Waals surface area contributed by atoms with Gasteiger partial charge in [-0.3, -0.25) is 0 Å². The summed E-state index contributed by atoms with van der Waals surface area (Å²) in [4.78, 5) is 0. The molecule has 2 rings (SSSR count). The molecule has 0 amide bonds. The predicted octanol–water partition coefficient (Wildman–Crippen LogP) is 2.84. The minimum absolute atomic E-state index is 0.554. The van der Waals surface area contributed by atoms with Crippen LogP contribution in [0.2, 0.25) is 0 Å². The van der Waals surface area contributed by atoms with Gasteiger partial charge in [-0.1, -0.05) is 12.8 Å². The van der Waals surface area contributed by atoms with E-state index in [9.17, 15) is 0 Å². The van der Waals surface area contributed by atoms with Crippen LogP contribution in [0, 0.1) is 0 Å². The molecule has 0 atom stereocenters. The molecule has 0 saturated heterocycles. The summed E-state index contributed by atoms with van der Waals surface area (Å²) in [6, 6.07) is 2.20. The lowest BCUT2D eigenvalue weighted by atomic mass is 10.2. The zero-order valence-electron chi connectivity index (χ0n) is 9.78. The average molecular weight is 239 g/mol. The van der Waals surface area contributed by atoms with Crippen molar-refractivity contribution in [1.29, 1.82) is 0 Å². The second kappa shape index (κ2) is 7.05. The van der Waals surface area contributed by atoms with Crippen LogP contribution in [-0.2, 0) is 11.2 Å². The Morgan fingerprint density at radius 3 is 2.94 bits per heavy atom. The standard InChI is InChI=1S/C13H21NOS/c1-2-4-13(3-1)15-9-8-14-7-5-12-6-10-16-11-12/h6,10-11,13-14H,1-5,7-9H2. The highest BCUT2D eigenvalue weighted by Crippen LogP contribution is 2.20. The fraction of sp³-hybridized carbons (Fsp3) is 0.692. The second-order valence-corrected chi connectivity index (χ2v) is 5.19. The van der Waals surface area contributed by atoms with Crippen molar-refractivity contribution >= 4 is 11.3 Å². The van der Waals surface area contributed by atoms with E-state index in [0.717, 1.165) is 26.1 Å². The van der Waals surface area contributed by atoms with E-state index >= 15 is 0 Å². The van der Waals surface area contributed by atoms with Gasteiger partial charge >= 0.3 is 0 Å². The van der Waals surface area contributed by atoms with E-state index in [2.05, 4.69) is 22.1 Å². The van der Waals surface area contributed by atoms with Crippen molar-refractivity contribution in [3.8, 4) is 0 Å². The normalized spacial score (nSPS) is 17.0. The van der Waals surface area contributed by atoms with Gasteiger partial charge in [0.1, 0.15) is 0 Å². The molecule has 2 nitrogen and oxygen atoms in total. The molecule has 1 saturated carbocycles. The lowest BCUT2D eigenvalue weighted by Gasteiger charge is -2.11. The lowest BCUT2D eigenvalue weighted by Crippen LogP contribution is -2.24. The van der Waals surface area contributed by atoms with Crippen LogP contribution in [0.3, 0.4) is 0 Å². The number of thiophene rings is 1. The molecule has 1 aliphatic carbocycles. The summed E-state index contributed by atoms with van der Waals surface area (Å²) in [6.07, 6.45) is 6.95. The smallest absolute Gasteiger partial charge is 0.0594 e. The maximum Gasteiger partial charge on any atom is 0.0594 e. The second-order valence-electron chi connectivity index (χ2n) is 4.41. The molecule has 0 aliphatic heterocycles. The summed E-state index contributed by atoms with van der Waals surface area (Å²) in [5.41, 5.74) is 1.44. The van der Waals surface area contributed by atoms with E-state index in [-0.39, 0.29) is 0 Å². The zero-order chi connectivity index (χ0) is 11.1. The first-order chi connectivity index (χ1) is 7.95. The van der Waals surface area contributed by atoms with Crippen molar-refractivity contribution in [2.45, 2.75) is 38.2 Å². The Morgan fingerprint density at radius 2 is 2.19 bits per heavy atom. The first-order valence-corrected chi connectivity index (χ1v) is 7.23. The third-order valence-electron chi connectivity index (χ3n) is 3.11. The molecule has 1 heterocycles. The van der Waals surface area contributed by atoms with Crippen LogP contribution < -0.4 is 5.32 Å². The number of hydrogen-bond donors (Lipinski definition) is 1. The van der Waals surface area contributed by atoms with E-state index in [4.69, 9.17) is 4.74 Å². The fourth-order valence-corrected chi connectivity index (χ4v) is 2.85. The van der Waals surface area contributed by atoms with Crippen molar-refractivity contribution in [3.05, 3.63) is 22.4 Å². The molecule has 0 bridgehead atoms. The fourth-order valence-electron chi connectivity index (χ4n) is 2.15. The third kappa shape index (κ3) is 4.24. The molecule has 1 aliphatic rings. The van der Waals surface area contributed by atoms with E-state index in [1.165, 1.54) is 31.2 Å². The Morgan fingerprint density at radius 1 is 1.31 bits per heavy atom. The summed E-state index contributed by atoms with van der Waals surface area (Å²) in [6.45, 7) is 2.92. The van der Waals surface area contributed by atoms with Gasteiger partial charge in [-0.2, -0.15) is 11.3 Å². The molecule has 0 unspecified atom stereocenters. The Bertz CT molecular complexity index is 267. The van der Waals surface area contributed by atoms with Gasteiger partial charge in [0.15, 0.2) is 0 Å². The van der Waals surface area contributed by atoms with Crippen LogP contribution >= 0.6 is 11.3 Å². The highest BCUT2D eigenvalue weighted by molar-refractivity contribution is 7.07. The first-order valence-electron chi connectivity index (χ1n) is 6.28. The molecule has 0 spiro atoms. The van der Waals surface area contributed by atoms with Crippen molar-refractivity contribution in [2.24, 2.45) is 0 Å². The molecule has 3 heteroatoms. The van der Waals surface area contributed by atoms with Crippen molar-refractivity contribution in [2.75, 3.05) is 19.7 Å². The van der Waals surface area contributed by atoms with Gasteiger partial charge in [-0.15, -0.1) is 0 Å². The highest BCUT2D eigenvalue weighted by Gasteiger charge is 2.14. The highest BCUT2D eigenvalue weighted by atomic mass is 32.1. The van der Waals surface area contributed by atoms with Crippen LogP contribution in [0.25, 0.3) is 0 Å². The van der Waals surface area contributed by atoms with Crippen LogP contribution in [0.4, 0.5) is 0 Å². The van der Waals surface area contributed by atoms with Gasteiger partial charge in [0.05, 0.1) is 12.7 Å². The van der Waals surface area contributed by atoms with E-state index in [1.54, 1.807) is 11.3 Å². The van der Waals surface area contributed by atoms with E-state index in [0.29, 0.717) is 6.10 Å². The molecular formula is C13H21NOS. The predicted molar refractivity (Wildman–Crippen MR) is 69.1 cm³/mol. The van der Waals surface area contributed by atoms with Crippen molar-refractivity contribution < 1.29 is 4.74 Å². The Balaban J connectivity index is 1.43. The molecule has 1 fully saturated rings. The van der Waals surface area contributed by atoms with Gasteiger partial charge in [0.2, 0.25) is 0 Å². The van der Waals surface area contributed by atoms with E-state index < -0.39 is 0 Å². The zero-order valence-corrected chi connectivity index (χ0v) is 10.6. The first kappa shape index (κ1) is 12.1. The Kier molecular flexibility index (Phi) is 5.32. The average Bonchev–Trinajstić information content (AvgIpc) is 2.96. The number of nitrogens with one attached hydrogen (secondary N) is 1. The summed E-state index contributed by atoms with van der Waals surface area (Å²) >= 11 is 1.77. The molecule has 16 heavy (non-hydrogen) atoms. The molecule has 0 radical (unpaired) electrons. The summed E-state index contributed by atoms with van der Waals surface area (Å²) in [5, 5.41) is 7.78. The quantitative estimate of drug-likeness (QED) is 0.739. The van der Waals surface area contributed by atoms with Gasteiger partial charge < -0.3 is 10.1 Å². The van der Waals surface area contributed by atoms with Gasteiger partial charge in [-0.05, 0) is 48.2 Å². The van der Waals surface area contributed by atoms with Crippen LogP contribution in [-0.4, -0.2) is 25.8 Å². The van der Waals surface area contributed by atoms with E-state index in [1.807, 2.05) is 0 Å². The van der Waals surface area contributed by atoms with Crippen molar-refractivity contribution in [3.63, 3.8) is 0 Å². The van der Waals surface area contributed by atoms with Crippen molar-refractivity contribution in [1.82, 2.24) is 5.32 Å². The van der Waals surface area contributed by atoms with Crippen LogP contribution in [0.15, 0.2) is 16.8 Å². The summed E-state index contributed by atoms with van der Waals surface area (Å²) < 4.78 is 5.78. The third-order valence-corrected chi connectivity index (χ3v) is 3.84. The maximum absolute atomic E-state index is 5.78. The minimum Gasteiger partial charge on any atom is -0.377 e. The topological polar surface area (TPSA) is 21.3 Å². The SMILES string of the molecule is c1cc(CCNCCOC2CCCC2)cs1. The van der Waals surface area contributed by atoms with Gasteiger partial charge in [-0.25, -0.2) is 0 Å². The monoisotopic (exact) mass is 239 g/mol. The van der Waals surface area contributed by atoms with Crippen LogP contribution in [0.1, 0.15) is 31.2 Å². The number of ether oxygens (including phenoxy) is 1. The Labute approximate surface area is 102 Å². The number of rotatable bonds is 7. The molecule has 1 aromatic rings. The van der Waals surface area contributed by atoms with Gasteiger partial charge in [0, 0.05) is 6.54 Å². The maximum atomic E-state index is 5.78. The Hall–Kier alpha value is -0.380. The van der Waals surface area contributed by atoms with Crippen LogP contribution in [0.5, 0.6) is 0 Å². The molecule has 0 aromatic carbocycles. The summed E-state index contributed by atoms with van der Waals surface area (Å²) in [7, 11) is 0. The van der Waals surface area contributed by atoms with Gasteiger partial charge in [0.25, 0.3) is 0 Å². The molecule has 1 aromatic heterocycles. The molecular weight excluding hydrogens is 218 g/mol. The number of hydrogen-bond acceptors (Lipinski definition) is 3. The molecule has 90 valence electrons. The largest absolute Gasteiger partial charge is 0.377 e. The summed E-state index contributed by atoms with van der Waals surface area (Å²) in [5.74, 6) is 0. The minimum atomic E-state index is 0.554. The lowest BCUT2D eigenvalue weighted by molar-refractivity contribution is 0.0605. The molecule has 1 N–H and O–H groups in total.